The van der Waals surface area contributed by atoms with Gasteiger partial charge < -0.3 is 10.2 Å². The van der Waals surface area contributed by atoms with Crippen molar-refractivity contribution in [2.75, 3.05) is 13.1 Å². The van der Waals surface area contributed by atoms with E-state index in [1.165, 1.54) is 11.1 Å². The van der Waals surface area contributed by atoms with E-state index in [4.69, 9.17) is 0 Å². The van der Waals surface area contributed by atoms with E-state index in [2.05, 4.69) is 29.9 Å². The molecule has 0 radical (unpaired) electrons. The molecule has 4 heteroatoms. The SMILES string of the molecule is Cc1cscc1CNC(=O)N1CCC(C)CC1. The van der Waals surface area contributed by atoms with E-state index in [0.29, 0.717) is 6.54 Å². The van der Waals surface area contributed by atoms with Crippen molar-refractivity contribution in [1.82, 2.24) is 10.2 Å². The monoisotopic (exact) mass is 252 g/mol. The maximum absolute atomic E-state index is 11.9. The molecule has 94 valence electrons. The van der Waals surface area contributed by atoms with Gasteiger partial charge >= 0.3 is 6.03 Å². The molecule has 0 bridgehead atoms. The Labute approximate surface area is 107 Å². The van der Waals surface area contributed by atoms with Crippen molar-refractivity contribution in [3.63, 3.8) is 0 Å². The summed E-state index contributed by atoms with van der Waals surface area (Å²) in [5, 5.41) is 7.22. The second-order valence-corrected chi connectivity index (χ2v) is 5.65. The van der Waals surface area contributed by atoms with E-state index in [1.807, 2.05) is 4.90 Å². The zero-order valence-electron chi connectivity index (χ0n) is 10.5. The van der Waals surface area contributed by atoms with E-state index >= 15 is 0 Å². The Morgan fingerprint density at radius 3 is 2.76 bits per heavy atom. The van der Waals surface area contributed by atoms with Crippen LogP contribution in [0.3, 0.4) is 0 Å². The van der Waals surface area contributed by atoms with E-state index in [-0.39, 0.29) is 6.03 Å². The lowest BCUT2D eigenvalue weighted by Gasteiger charge is -2.30. The first-order valence-electron chi connectivity index (χ1n) is 6.21. The molecule has 1 N–H and O–H groups in total. The highest BCUT2D eigenvalue weighted by Crippen LogP contribution is 2.16. The first-order valence-corrected chi connectivity index (χ1v) is 7.15. The minimum absolute atomic E-state index is 0.0856. The molecule has 0 saturated carbocycles. The van der Waals surface area contributed by atoms with Crippen molar-refractivity contribution in [3.8, 4) is 0 Å². The topological polar surface area (TPSA) is 32.3 Å². The average Bonchev–Trinajstić information content (AvgIpc) is 2.73. The van der Waals surface area contributed by atoms with E-state index in [9.17, 15) is 4.79 Å². The van der Waals surface area contributed by atoms with Gasteiger partial charge in [-0.05, 0) is 47.6 Å². The molecule has 1 saturated heterocycles. The summed E-state index contributed by atoms with van der Waals surface area (Å²) in [4.78, 5) is 13.9. The molecule has 0 unspecified atom stereocenters. The van der Waals surface area contributed by atoms with Crippen LogP contribution in [0.15, 0.2) is 10.8 Å². The van der Waals surface area contributed by atoms with Crippen molar-refractivity contribution in [2.24, 2.45) is 5.92 Å². The maximum atomic E-state index is 11.9. The molecule has 3 nitrogen and oxygen atoms in total. The van der Waals surface area contributed by atoms with E-state index in [1.54, 1.807) is 11.3 Å². The lowest BCUT2D eigenvalue weighted by Crippen LogP contribution is -2.43. The first kappa shape index (κ1) is 12.4. The molecule has 1 aromatic rings. The normalized spacial score (nSPS) is 17.2. The first-order chi connectivity index (χ1) is 8.16. The summed E-state index contributed by atoms with van der Waals surface area (Å²) < 4.78 is 0. The third-order valence-corrected chi connectivity index (χ3v) is 4.37. The van der Waals surface area contributed by atoms with Gasteiger partial charge in [0.25, 0.3) is 0 Å². The van der Waals surface area contributed by atoms with Crippen LogP contribution in [0.4, 0.5) is 4.79 Å². The van der Waals surface area contributed by atoms with Crippen LogP contribution in [-0.4, -0.2) is 24.0 Å². The Balaban J connectivity index is 1.80. The molecule has 2 amide bonds. The molecule has 1 fully saturated rings. The fraction of sp³-hybridized carbons (Fsp3) is 0.615. The number of nitrogens with zero attached hydrogens (tertiary/aromatic N) is 1. The highest BCUT2D eigenvalue weighted by Gasteiger charge is 2.19. The van der Waals surface area contributed by atoms with Crippen LogP contribution in [-0.2, 0) is 6.54 Å². The third kappa shape index (κ3) is 3.22. The van der Waals surface area contributed by atoms with Crippen LogP contribution in [0.2, 0.25) is 0 Å². The van der Waals surface area contributed by atoms with Crippen molar-refractivity contribution >= 4 is 17.4 Å². The highest BCUT2D eigenvalue weighted by atomic mass is 32.1. The molecule has 0 spiro atoms. The summed E-state index contributed by atoms with van der Waals surface area (Å²) in [5.41, 5.74) is 2.50. The van der Waals surface area contributed by atoms with Crippen LogP contribution >= 0.6 is 11.3 Å². The number of thiophene rings is 1. The molecule has 0 atom stereocenters. The standard InChI is InChI=1S/C13H20N2OS/c1-10-3-5-15(6-4-10)13(16)14-7-12-9-17-8-11(12)2/h8-10H,3-7H2,1-2H3,(H,14,16). The number of aryl methyl sites for hydroxylation is 1. The van der Waals surface area contributed by atoms with Gasteiger partial charge in [0.2, 0.25) is 0 Å². The van der Waals surface area contributed by atoms with Gasteiger partial charge in [0.05, 0.1) is 0 Å². The molecule has 2 heterocycles. The number of nitrogens with one attached hydrogen (secondary N) is 1. The number of carbonyl (C=O) groups excluding carboxylic acids is 1. The molecule has 1 aliphatic heterocycles. The van der Waals surface area contributed by atoms with Gasteiger partial charge in [-0.2, -0.15) is 11.3 Å². The number of urea groups is 1. The van der Waals surface area contributed by atoms with E-state index in [0.717, 1.165) is 31.8 Å². The fourth-order valence-corrected chi connectivity index (χ4v) is 2.92. The smallest absolute Gasteiger partial charge is 0.317 e. The van der Waals surface area contributed by atoms with Crippen LogP contribution in [0.1, 0.15) is 30.9 Å². The predicted octanol–water partition coefficient (Wildman–Crippen LogP) is 3.00. The number of rotatable bonds is 2. The summed E-state index contributed by atoms with van der Waals surface area (Å²) in [5.74, 6) is 0.762. The summed E-state index contributed by atoms with van der Waals surface area (Å²) in [7, 11) is 0. The van der Waals surface area contributed by atoms with E-state index < -0.39 is 0 Å². The Hall–Kier alpha value is -1.03. The molecule has 0 aliphatic carbocycles. The Kier molecular flexibility index (Phi) is 4.05. The fourth-order valence-electron chi connectivity index (χ4n) is 2.06. The summed E-state index contributed by atoms with van der Waals surface area (Å²) in [6.45, 7) is 6.79. The lowest BCUT2D eigenvalue weighted by atomic mass is 10.00. The summed E-state index contributed by atoms with van der Waals surface area (Å²) >= 11 is 1.69. The van der Waals surface area contributed by atoms with Gasteiger partial charge in [-0.15, -0.1) is 0 Å². The number of hydrogen-bond donors (Lipinski definition) is 1. The van der Waals surface area contributed by atoms with Crippen molar-refractivity contribution < 1.29 is 4.79 Å². The minimum atomic E-state index is 0.0856. The number of piperidine rings is 1. The van der Waals surface area contributed by atoms with Gasteiger partial charge in [-0.25, -0.2) is 4.79 Å². The second-order valence-electron chi connectivity index (χ2n) is 4.91. The molecular formula is C13H20N2OS. The molecule has 1 aromatic heterocycles. The average molecular weight is 252 g/mol. The maximum Gasteiger partial charge on any atom is 0.317 e. The van der Waals surface area contributed by atoms with Crippen LogP contribution in [0, 0.1) is 12.8 Å². The van der Waals surface area contributed by atoms with Gasteiger partial charge in [0.15, 0.2) is 0 Å². The van der Waals surface area contributed by atoms with Crippen molar-refractivity contribution in [2.45, 2.75) is 33.2 Å². The Bertz CT molecular complexity index is 381. The van der Waals surface area contributed by atoms with Gasteiger partial charge in [0, 0.05) is 19.6 Å². The van der Waals surface area contributed by atoms with Gasteiger partial charge in [0.1, 0.15) is 0 Å². The lowest BCUT2D eigenvalue weighted by molar-refractivity contribution is 0.173. The van der Waals surface area contributed by atoms with Gasteiger partial charge in [-0.3, -0.25) is 0 Å². The number of amides is 2. The Morgan fingerprint density at radius 2 is 2.18 bits per heavy atom. The minimum Gasteiger partial charge on any atom is -0.334 e. The largest absolute Gasteiger partial charge is 0.334 e. The zero-order chi connectivity index (χ0) is 12.3. The molecule has 0 aromatic carbocycles. The molecular weight excluding hydrogens is 232 g/mol. The number of hydrogen-bond acceptors (Lipinski definition) is 2. The number of likely N-dealkylation sites (tertiary alicyclic amines) is 1. The Morgan fingerprint density at radius 1 is 1.47 bits per heavy atom. The van der Waals surface area contributed by atoms with Gasteiger partial charge in [-0.1, -0.05) is 6.92 Å². The molecule has 2 rings (SSSR count). The molecule has 1 aliphatic rings. The van der Waals surface area contributed by atoms with Crippen molar-refractivity contribution in [1.29, 1.82) is 0 Å². The summed E-state index contributed by atoms with van der Waals surface area (Å²) in [6, 6.07) is 0.0856. The highest BCUT2D eigenvalue weighted by molar-refractivity contribution is 7.08. The van der Waals surface area contributed by atoms with Crippen molar-refractivity contribution in [3.05, 3.63) is 21.9 Å². The predicted molar refractivity (Wildman–Crippen MR) is 71.3 cm³/mol. The van der Waals surface area contributed by atoms with Crippen LogP contribution < -0.4 is 5.32 Å². The van der Waals surface area contributed by atoms with Crippen LogP contribution in [0.5, 0.6) is 0 Å². The number of carbonyl (C=O) groups is 1. The second kappa shape index (κ2) is 5.54. The van der Waals surface area contributed by atoms with Crippen LogP contribution in [0.25, 0.3) is 0 Å². The molecule has 17 heavy (non-hydrogen) atoms. The zero-order valence-corrected chi connectivity index (χ0v) is 11.3. The third-order valence-electron chi connectivity index (χ3n) is 3.46. The summed E-state index contributed by atoms with van der Waals surface area (Å²) in [6.07, 6.45) is 2.26. The quantitative estimate of drug-likeness (QED) is 0.862.